The van der Waals surface area contributed by atoms with Crippen LogP contribution in [-0.4, -0.2) is 32.0 Å². The van der Waals surface area contributed by atoms with Crippen LogP contribution in [0.2, 0.25) is 0 Å². The highest BCUT2D eigenvalue weighted by molar-refractivity contribution is 6.16. The minimum atomic E-state index is -0.672. The van der Waals surface area contributed by atoms with Crippen molar-refractivity contribution < 1.29 is 19.1 Å². The summed E-state index contributed by atoms with van der Waals surface area (Å²) in [6, 6.07) is 0. The summed E-state index contributed by atoms with van der Waals surface area (Å²) in [4.78, 5) is 22.7. The molecule has 0 bridgehead atoms. The minimum absolute atomic E-state index is 0.0124. The summed E-state index contributed by atoms with van der Waals surface area (Å²) in [6.45, 7) is 6.48. The number of ketones is 1. The number of methoxy groups -OCH3 is 1. The summed E-state index contributed by atoms with van der Waals surface area (Å²) >= 11 is 0. The van der Waals surface area contributed by atoms with E-state index in [0.717, 1.165) is 0 Å². The monoisotopic (exact) mass is 227 g/mol. The van der Waals surface area contributed by atoms with Crippen molar-refractivity contribution in [2.45, 2.75) is 20.8 Å². The lowest BCUT2D eigenvalue weighted by Gasteiger charge is -2.32. The zero-order chi connectivity index (χ0) is 12.3. The maximum Gasteiger partial charge on any atom is 0.346 e. The molecule has 16 heavy (non-hydrogen) atoms. The molecule has 1 aliphatic rings. The van der Waals surface area contributed by atoms with Crippen LogP contribution in [0.5, 0.6) is 0 Å². The van der Waals surface area contributed by atoms with Gasteiger partial charge in [-0.15, -0.1) is 0 Å². The predicted molar refractivity (Wildman–Crippen MR) is 57.5 cm³/mol. The normalized spacial score (nSPS) is 21.5. The lowest BCUT2D eigenvalue weighted by molar-refractivity contribution is -0.138. The van der Waals surface area contributed by atoms with Gasteiger partial charge in [0.25, 0.3) is 0 Å². The molecule has 90 valence electrons. The van der Waals surface area contributed by atoms with Crippen LogP contribution < -0.4 is 5.32 Å². The number of esters is 1. The van der Waals surface area contributed by atoms with Crippen molar-refractivity contribution in [1.29, 1.82) is 0 Å². The largest absolute Gasteiger partial charge is 0.478 e. The van der Waals surface area contributed by atoms with Crippen LogP contribution in [0.4, 0.5) is 0 Å². The zero-order valence-electron chi connectivity index (χ0n) is 10.0. The summed E-state index contributed by atoms with van der Waals surface area (Å²) < 4.78 is 9.93. The van der Waals surface area contributed by atoms with Gasteiger partial charge in [-0.2, -0.15) is 0 Å². The van der Waals surface area contributed by atoms with E-state index in [1.54, 1.807) is 0 Å². The van der Waals surface area contributed by atoms with E-state index < -0.39 is 5.97 Å². The molecule has 0 radical (unpaired) electrons. The third-order valence-corrected chi connectivity index (χ3v) is 2.30. The molecule has 0 spiro atoms. The van der Waals surface area contributed by atoms with E-state index in [2.05, 4.69) is 10.1 Å². The summed E-state index contributed by atoms with van der Waals surface area (Å²) in [6.07, 6.45) is 0. The van der Waals surface area contributed by atoms with Gasteiger partial charge in [0.15, 0.2) is 11.4 Å². The van der Waals surface area contributed by atoms with E-state index in [1.165, 1.54) is 14.0 Å². The number of nitrogens with one attached hydrogen (secondary N) is 1. The Morgan fingerprint density at radius 3 is 2.44 bits per heavy atom. The Morgan fingerprint density at radius 2 is 2.06 bits per heavy atom. The first kappa shape index (κ1) is 12.5. The Bertz CT molecular complexity index is 332. The molecule has 0 saturated carbocycles. The number of Topliss-reactive ketones (excluding diaryl/α,β-unsaturated/α-hetero) is 1. The predicted octanol–water partition coefficient (Wildman–Crippen LogP) is 0.606. The molecule has 1 saturated heterocycles. The second-order valence-corrected chi connectivity index (χ2v) is 4.56. The smallest absolute Gasteiger partial charge is 0.346 e. The van der Waals surface area contributed by atoms with E-state index in [0.29, 0.717) is 13.2 Å². The zero-order valence-corrected chi connectivity index (χ0v) is 10.0. The first-order valence-corrected chi connectivity index (χ1v) is 5.07. The molecule has 0 aromatic heterocycles. The number of rotatable bonds is 2. The van der Waals surface area contributed by atoms with Gasteiger partial charge in [0.05, 0.1) is 13.7 Å². The van der Waals surface area contributed by atoms with Gasteiger partial charge in [-0.3, -0.25) is 4.79 Å². The summed E-state index contributed by atoms with van der Waals surface area (Å²) in [5.74, 6) is -0.817. The fourth-order valence-electron chi connectivity index (χ4n) is 1.35. The van der Waals surface area contributed by atoms with Crippen LogP contribution in [0.3, 0.4) is 0 Å². The number of ether oxygens (including phenoxy) is 2. The molecule has 0 atom stereocenters. The molecule has 1 heterocycles. The van der Waals surface area contributed by atoms with Crippen molar-refractivity contribution in [1.82, 2.24) is 5.32 Å². The van der Waals surface area contributed by atoms with Crippen molar-refractivity contribution in [2.75, 3.05) is 20.3 Å². The van der Waals surface area contributed by atoms with Crippen LogP contribution in [0.1, 0.15) is 20.8 Å². The van der Waals surface area contributed by atoms with Crippen LogP contribution in [0.25, 0.3) is 0 Å². The quantitative estimate of drug-likeness (QED) is 0.324. The van der Waals surface area contributed by atoms with Gasteiger partial charge < -0.3 is 14.8 Å². The van der Waals surface area contributed by atoms with E-state index in [1.807, 2.05) is 13.8 Å². The molecule has 1 rings (SSSR count). The second-order valence-electron chi connectivity index (χ2n) is 4.56. The summed E-state index contributed by atoms with van der Waals surface area (Å²) in [7, 11) is 1.23. The molecular formula is C11H17NO4. The van der Waals surface area contributed by atoms with Gasteiger partial charge in [0, 0.05) is 12.0 Å². The molecule has 0 aromatic carbocycles. The van der Waals surface area contributed by atoms with Crippen molar-refractivity contribution in [2.24, 2.45) is 5.41 Å². The Kier molecular flexibility index (Phi) is 3.57. The maximum absolute atomic E-state index is 11.4. The SMILES string of the molecule is COC(=O)/C(C(C)=O)=C1\NCC(C)(C)CO1. The van der Waals surface area contributed by atoms with Crippen LogP contribution >= 0.6 is 0 Å². The fraction of sp³-hybridized carbons (Fsp3) is 0.636. The Labute approximate surface area is 94.8 Å². The van der Waals surface area contributed by atoms with Crippen LogP contribution in [0, 0.1) is 5.41 Å². The van der Waals surface area contributed by atoms with Crippen molar-refractivity contribution >= 4 is 11.8 Å². The van der Waals surface area contributed by atoms with Gasteiger partial charge in [-0.1, -0.05) is 13.8 Å². The third kappa shape index (κ3) is 2.74. The van der Waals surface area contributed by atoms with E-state index in [-0.39, 0.29) is 22.7 Å². The first-order chi connectivity index (χ1) is 7.37. The lowest BCUT2D eigenvalue weighted by atomic mass is 9.93. The lowest BCUT2D eigenvalue weighted by Crippen LogP contribution is -2.41. The van der Waals surface area contributed by atoms with Gasteiger partial charge in [0.2, 0.25) is 5.88 Å². The van der Waals surface area contributed by atoms with E-state index in [4.69, 9.17) is 4.74 Å². The van der Waals surface area contributed by atoms with Crippen molar-refractivity contribution in [3.8, 4) is 0 Å². The first-order valence-electron chi connectivity index (χ1n) is 5.07. The third-order valence-electron chi connectivity index (χ3n) is 2.30. The molecule has 5 nitrogen and oxygen atoms in total. The molecule has 0 aliphatic carbocycles. The van der Waals surface area contributed by atoms with E-state index >= 15 is 0 Å². The molecule has 1 N–H and O–H groups in total. The summed E-state index contributed by atoms with van der Waals surface area (Å²) in [5, 5.41) is 2.94. The van der Waals surface area contributed by atoms with Crippen molar-refractivity contribution in [3.63, 3.8) is 0 Å². The molecule has 0 amide bonds. The highest BCUT2D eigenvalue weighted by Gasteiger charge is 2.30. The number of carbonyl (C=O) groups is 2. The molecule has 1 fully saturated rings. The van der Waals surface area contributed by atoms with Gasteiger partial charge in [-0.05, 0) is 6.92 Å². The molecule has 1 aliphatic heterocycles. The topological polar surface area (TPSA) is 64.6 Å². The standard InChI is InChI=1S/C11H17NO4/c1-7(13)8(10(14)15-4)9-12-5-11(2,3)6-16-9/h12H,5-6H2,1-4H3/b9-8+. The fourth-order valence-corrected chi connectivity index (χ4v) is 1.35. The number of carbonyl (C=O) groups excluding carboxylic acids is 2. The van der Waals surface area contributed by atoms with Gasteiger partial charge in [-0.25, -0.2) is 4.79 Å². The second kappa shape index (κ2) is 4.55. The highest BCUT2D eigenvalue weighted by atomic mass is 16.5. The minimum Gasteiger partial charge on any atom is -0.478 e. The Morgan fingerprint density at radius 1 is 1.44 bits per heavy atom. The summed E-state index contributed by atoms with van der Waals surface area (Å²) in [5.41, 5.74) is -0.0698. The van der Waals surface area contributed by atoms with E-state index in [9.17, 15) is 9.59 Å². The number of hydrogen-bond acceptors (Lipinski definition) is 5. The average Bonchev–Trinajstić information content (AvgIpc) is 2.20. The van der Waals surface area contributed by atoms with Crippen LogP contribution in [-0.2, 0) is 19.1 Å². The average molecular weight is 227 g/mol. The Balaban J connectivity index is 2.93. The molecule has 0 unspecified atom stereocenters. The Hall–Kier alpha value is -1.52. The van der Waals surface area contributed by atoms with Crippen molar-refractivity contribution in [3.05, 3.63) is 11.5 Å². The number of hydrogen-bond donors (Lipinski definition) is 1. The highest BCUT2D eigenvalue weighted by Crippen LogP contribution is 2.22. The van der Waals surface area contributed by atoms with Gasteiger partial charge >= 0.3 is 5.97 Å². The molecular weight excluding hydrogens is 210 g/mol. The molecule has 5 heteroatoms. The van der Waals surface area contributed by atoms with Gasteiger partial charge in [0.1, 0.15) is 0 Å². The maximum atomic E-state index is 11.4. The molecule has 0 aromatic rings. The van der Waals surface area contributed by atoms with Crippen LogP contribution in [0.15, 0.2) is 11.5 Å².